The van der Waals surface area contributed by atoms with Crippen LogP contribution in [0.1, 0.15) is 50.5 Å². The molecule has 4 bridgehead atoms. The molecule has 6 aliphatic rings. The molecule has 2 N–H and O–H groups in total. The third-order valence-electron chi connectivity index (χ3n) is 9.73. The fourth-order valence-corrected chi connectivity index (χ4v) is 8.30. The highest BCUT2D eigenvalue weighted by atomic mass is 35.5. The van der Waals surface area contributed by atoms with E-state index in [1.165, 1.54) is 0 Å². The van der Waals surface area contributed by atoms with Gasteiger partial charge in [-0.3, -0.25) is 4.79 Å². The van der Waals surface area contributed by atoms with Gasteiger partial charge in [0.2, 0.25) is 5.91 Å². The Morgan fingerprint density at radius 2 is 1.74 bits per heavy atom. The number of piperazine rings is 1. The van der Waals surface area contributed by atoms with E-state index in [4.69, 9.17) is 11.6 Å². The quantitative estimate of drug-likeness (QED) is 0.579. The highest BCUT2D eigenvalue weighted by molar-refractivity contribution is 6.33. The van der Waals surface area contributed by atoms with Crippen molar-refractivity contribution in [2.45, 2.75) is 63.3 Å². The lowest BCUT2D eigenvalue weighted by molar-refractivity contribution is -0.164. The van der Waals surface area contributed by atoms with Gasteiger partial charge in [-0.05, 0) is 68.8 Å². The molecule has 214 valence electrons. The number of anilines is 1. The van der Waals surface area contributed by atoms with Crippen molar-refractivity contribution in [3.63, 3.8) is 0 Å². The summed E-state index contributed by atoms with van der Waals surface area (Å²) in [7, 11) is 0. The first-order valence-electron chi connectivity index (χ1n) is 14.0. The average molecular weight is 570 g/mol. The minimum Gasteiger partial charge on any atom is -0.393 e. The van der Waals surface area contributed by atoms with E-state index in [9.17, 15) is 27.9 Å². The Balaban J connectivity index is 1.03. The van der Waals surface area contributed by atoms with E-state index in [0.717, 1.165) is 57.2 Å². The number of nitrogens with one attached hydrogen (secondary N) is 1. The second-order valence-corrected chi connectivity index (χ2v) is 12.7. The summed E-state index contributed by atoms with van der Waals surface area (Å²) in [5.41, 5.74) is -1.26. The second kappa shape index (κ2) is 9.98. The van der Waals surface area contributed by atoms with Crippen LogP contribution in [0.3, 0.4) is 0 Å². The van der Waals surface area contributed by atoms with Crippen LogP contribution in [0.15, 0.2) is 12.3 Å². The van der Waals surface area contributed by atoms with Crippen molar-refractivity contribution in [1.29, 1.82) is 0 Å². The molecule has 6 fully saturated rings. The standard InChI is InChI=1S/C27H35ClF3N5O3/c28-21-10-19(27(29,30)31)14-32-23(21)34-4-6-35(7-5-34)25(39)36-3-1-2-20(15-36)33-24(38)26-11-16-8-17(12-26)22(37)18(9-16)13-26/h10,14,16-18,20,22,37H,1-9,11-13,15H2,(H,33,38). The van der Waals surface area contributed by atoms with Gasteiger partial charge in [0, 0.05) is 51.5 Å². The zero-order valence-electron chi connectivity index (χ0n) is 21.8. The lowest BCUT2D eigenvalue weighted by Crippen LogP contribution is -2.61. The van der Waals surface area contributed by atoms with Crippen molar-refractivity contribution < 1.29 is 27.9 Å². The number of aromatic nitrogens is 1. The maximum atomic E-state index is 13.5. The van der Waals surface area contributed by atoms with Crippen molar-refractivity contribution >= 4 is 29.4 Å². The molecule has 8 nitrogen and oxygen atoms in total. The van der Waals surface area contributed by atoms with Crippen molar-refractivity contribution in [1.82, 2.24) is 20.1 Å². The molecule has 1 aromatic rings. The predicted molar refractivity (Wildman–Crippen MR) is 138 cm³/mol. The number of urea groups is 1. The van der Waals surface area contributed by atoms with Crippen LogP contribution in [0.2, 0.25) is 5.02 Å². The van der Waals surface area contributed by atoms with Crippen LogP contribution in [0.5, 0.6) is 0 Å². The molecular formula is C27H35ClF3N5O3. The summed E-state index contributed by atoms with van der Waals surface area (Å²) in [6.07, 6.45) is 2.16. The Labute approximate surface area is 230 Å². The van der Waals surface area contributed by atoms with E-state index in [1.54, 1.807) is 14.7 Å². The van der Waals surface area contributed by atoms with E-state index >= 15 is 0 Å². The summed E-state index contributed by atoms with van der Waals surface area (Å²) < 4.78 is 38.8. The van der Waals surface area contributed by atoms with E-state index in [-0.39, 0.29) is 52.2 Å². The maximum Gasteiger partial charge on any atom is 0.417 e. The number of rotatable bonds is 3. The molecule has 1 aromatic heterocycles. The number of pyridine rings is 1. The summed E-state index contributed by atoms with van der Waals surface area (Å²) in [6.45, 7) is 2.72. The molecule has 2 aliphatic heterocycles. The summed E-state index contributed by atoms with van der Waals surface area (Å²) in [4.78, 5) is 36.2. The highest BCUT2D eigenvalue weighted by Gasteiger charge is 2.58. The van der Waals surface area contributed by atoms with Crippen molar-refractivity contribution in [3.8, 4) is 0 Å². The lowest BCUT2D eigenvalue weighted by atomic mass is 9.48. The van der Waals surface area contributed by atoms with Gasteiger partial charge in [-0.25, -0.2) is 9.78 Å². The maximum absolute atomic E-state index is 13.5. The van der Waals surface area contributed by atoms with Crippen LogP contribution in [-0.2, 0) is 11.0 Å². The largest absolute Gasteiger partial charge is 0.417 e. The topological polar surface area (TPSA) is 89.0 Å². The number of carbonyl (C=O) groups is 2. The number of amides is 3. The van der Waals surface area contributed by atoms with Crippen LogP contribution < -0.4 is 10.2 Å². The van der Waals surface area contributed by atoms with Gasteiger partial charge >= 0.3 is 12.2 Å². The number of carbonyl (C=O) groups excluding carboxylic acids is 2. The molecule has 2 saturated heterocycles. The number of aliphatic hydroxyl groups is 1. The molecule has 3 amide bonds. The average Bonchev–Trinajstić information content (AvgIpc) is 2.90. The van der Waals surface area contributed by atoms with Crippen LogP contribution in [-0.4, -0.2) is 83.2 Å². The predicted octanol–water partition coefficient (Wildman–Crippen LogP) is 3.76. The van der Waals surface area contributed by atoms with Crippen molar-refractivity contribution in [2.75, 3.05) is 44.2 Å². The molecule has 0 radical (unpaired) electrons. The zero-order chi connectivity index (χ0) is 27.5. The number of alkyl halides is 3. The van der Waals surface area contributed by atoms with Gasteiger partial charge in [0.1, 0.15) is 5.82 Å². The van der Waals surface area contributed by atoms with Gasteiger partial charge in [0.15, 0.2) is 0 Å². The van der Waals surface area contributed by atoms with Gasteiger partial charge in [-0.1, -0.05) is 11.6 Å². The Bertz CT molecular complexity index is 1110. The monoisotopic (exact) mass is 569 g/mol. The summed E-state index contributed by atoms with van der Waals surface area (Å²) >= 11 is 6.11. The Morgan fingerprint density at radius 1 is 1.05 bits per heavy atom. The number of likely N-dealkylation sites (tertiary alicyclic amines) is 1. The second-order valence-electron chi connectivity index (χ2n) is 12.3. The van der Waals surface area contributed by atoms with Gasteiger partial charge in [-0.2, -0.15) is 13.2 Å². The minimum absolute atomic E-state index is 0.0623. The third-order valence-corrected chi connectivity index (χ3v) is 10.0. The van der Waals surface area contributed by atoms with E-state index < -0.39 is 11.7 Å². The third kappa shape index (κ3) is 5.05. The highest BCUT2D eigenvalue weighted by Crippen LogP contribution is 2.60. The molecule has 3 atom stereocenters. The summed E-state index contributed by atoms with van der Waals surface area (Å²) in [5, 5.41) is 13.8. The smallest absolute Gasteiger partial charge is 0.393 e. The first-order valence-corrected chi connectivity index (χ1v) is 14.4. The van der Waals surface area contributed by atoms with E-state index in [0.29, 0.717) is 45.2 Å². The number of hydrogen-bond donors (Lipinski definition) is 2. The Kier molecular flexibility index (Phi) is 6.89. The number of nitrogens with zero attached hydrogens (tertiary/aromatic N) is 4. The SMILES string of the molecule is O=C(N1CCN(c2ncc(C(F)(F)F)cc2Cl)CC1)N1CCCC(NC(=O)C23CC4CC(C2)C(O)C(C4)C3)C1. The molecule has 12 heteroatoms. The molecule has 7 rings (SSSR count). The number of hydrogen-bond acceptors (Lipinski definition) is 5. The van der Waals surface area contributed by atoms with E-state index in [2.05, 4.69) is 10.3 Å². The van der Waals surface area contributed by atoms with Crippen LogP contribution >= 0.6 is 11.6 Å². The Hall–Kier alpha value is -2.27. The van der Waals surface area contributed by atoms with Crippen LogP contribution in [0.25, 0.3) is 0 Å². The zero-order valence-corrected chi connectivity index (χ0v) is 22.6. The van der Waals surface area contributed by atoms with E-state index in [1.807, 2.05) is 0 Å². The normalized spacial score (nSPS) is 34.4. The summed E-state index contributed by atoms with van der Waals surface area (Å²) in [5.74, 6) is 1.39. The first kappa shape index (κ1) is 26.9. The van der Waals surface area contributed by atoms with Gasteiger partial charge in [0.25, 0.3) is 0 Å². The lowest BCUT2D eigenvalue weighted by Gasteiger charge is -2.58. The van der Waals surface area contributed by atoms with Crippen molar-refractivity contribution in [3.05, 3.63) is 22.8 Å². The number of halogens is 4. The van der Waals surface area contributed by atoms with Gasteiger partial charge in [-0.15, -0.1) is 0 Å². The molecular weight excluding hydrogens is 535 g/mol. The number of piperidine rings is 1. The first-order chi connectivity index (χ1) is 18.5. The fraction of sp³-hybridized carbons (Fsp3) is 0.741. The molecule has 3 unspecified atom stereocenters. The van der Waals surface area contributed by atoms with Crippen molar-refractivity contribution in [2.24, 2.45) is 23.2 Å². The minimum atomic E-state index is -4.51. The molecule has 4 saturated carbocycles. The summed E-state index contributed by atoms with van der Waals surface area (Å²) in [6, 6.07) is 0.706. The van der Waals surface area contributed by atoms with Crippen LogP contribution in [0, 0.1) is 23.2 Å². The number of aliphatic hydroxyl groups excluding tert-OH is 1. The molecule has 0 aromatic carbocycles. The van der Waals surface area contributed by atoms with Gasteiger partial charge < -0.3 is 25.1 Å². The molecule has 3 heterocycles. The van der Waals surface area contributed by atoms with Gasteiger partial charge in [0.05, 0.1) is 22.1 Å². The van der Waals surface area contributed by atoms with Crippen LogP contribution in [0.4, 0.5) is 23.8 Å². The molecule has 0 spiro atoms. The Morgan fingerprint density at radius 3 is 2.38 bits per heavy atom. The molecule has 39 heavy (non-hydrogen) atoms. The fourth-order valence-electron chi connectivity index (χ4n) is 8.01. The molecule has 4 aliphatic carbocycles.